The predicted octanol–water partition coefficient (Wildman–Crippen LogP) is 3.28. The summed E-state index contributed by atoms with van der Waals surface area (Å²) in [5.41, 5.74) is 2.11. The van der Waals surface area contributed by atoms with Gasteiger partial charge in [0, 0.05) is 10.2 Å². The van der Waals surface area contributed by atoms with E-state index in [1.54, 1.807) is 6.07 Å². The molecule has 0 radical (unpaired) electrons. The number of tetrazole rings is 1. The largest absolute Gasteiger partial charge is 0.352 e. The minimum Gasteiger partial charge on any atom is -0.352 e. The van der Waals surface area contributed by atoms with Crippen LogP contribution in [0.1, 0.15) is 15.9 Å². The molecular weight excluding hydrogens is 419 g/mol. The SMILES string of the molecule is Cc1cc(Br)ccc1Nc1c(C(=O)Nc2nn[nH]n2)cc2[nH]cnc2c1F. The number of aryl methyl sites for hydroxylation is 1. The van der Waals surface area contributed by atoms with Crippen molar-refractivity contribution < 1.29 is 9.18 Å². The Kier molecular flexibility index (Phi) is 4.28. The number of carbonyl (C=O) groups excluding carboxylic acids is 1. The minimum absolute atomic E-state index is 0.000942. The second kappa shape index (κ2) is 6.76. The van der Waals surface area contributed by atoms with Crippen LogP contribution in [0.3, 0.4) is 0 Å². The maximum absolute atomic E-state index is 15.1. The molecule has 2 aromatic heterocycles. The zero-order chi connectivity index (χ0) is 19.0. The van der Waals surface area contributed by atoms with Crippen molar-refractivity contribution in [2.24, 2.45) is 0 Å². The van der Waals surface area contributed by atoms with Gasteiger partial charge in [-0.2, -0.15) is 5.21 Å². The number of rotatable bonds is 4. The normalized spacial score (nSPS) is 10.9. The van der Waals surface area contributed by atoms with Crippen LogP contribution in [0.2, 0.25) is 0 Å². The fraction of sp³-hybridized carbons (Fsp3) is 0.0625. The molecular formula is C16H12BrFN8O. The summed E-state index contributed by atoms with van der Waals surface area (Å²) in [6.45, 7) is 1.87. The van der Waals surface area contributed by atoms with Crippen LogP contribution in [0.5, 0.6) is 0 Å². The van der Waals surface area contributed by atoms with Gasteiger partial charge in [0.1, 0.15) is 5.52 Å². The van der Waals surface area contributed by atoms with Crippen molar-refractivity contribution in [3.05, 3.63) is 52.0 Å². The predicted molar refractivity (Wildman–Crippen MR) is 100 cm³/mol. The van der Waals surface area contributed by atoms with Crippen molar-refractivity contribution in [3.8, 4) is 0 Å². The number of nitrogens with zero attached hydrogens (tertiary/aromatic N) is 4. The highest BCUT2D eigenvalue weighted by molar-refractivity contribution is 9.10. The van der Waals surface area contributed by atoms with E-state index in [1.807, 2.05) is 19.1 Å². The Morgan fingerprint density at radius 2 is 2.15 bits per heavy atom. The number of benzene rings is 2. The third-order valence-corrected chi connectivity index (χ3v) is 4.41. The van der Waals surface area contributed by atoms with E-state index < -0.39 is 11.7 Å². The molecule has 4 N–H and O–H groups in total. The number of aromatic amines is 2. The second-order valence-electron chi connectivity index (χ2n) is 5.69. The van der Waals surface area contributed by atoms with Crippen LogP contribution in [0.15, 0.2) is 35.1 Å². The number of hydrogen-bond acceptors (Lipinski definition) is 6. The molecule has 0 saturated heterocycles. The number of imidazole rings is 1. The number of anilines is 3. The Morgan fingerprint density at radius 1 is 1.30 bits per heavy atom. The smallest absolute Gasteiger partial charge is 0.270 e. The topological polar surface area (TPSA) is 124 Å². The molecule has 2 heterocycles. The van der Waals surface area contributed by atoms with Crippen LogP contribution in [-0.4, -0.2) is 36.5 Å². The Labute approximate surface area is 159 Å². The monoisotopic (exact) mass is 430 g/mol. The summed E-state index contributed by atoms with van der Waals surface area (Å²) in [5, 5.41) is 18.4. The molecule has 0 spiro atoms. The molecule has 0 aliphatic rings. The van der Waals surface area contributed by atoms with E-state index >= 15 is 4.39 Å². The summed E-state index contributed by atoms with van der Waals surface area (Å²) in [5.74, 6) is -1.26. The van der Waals surface area contributed by atoms with Crippen molar-refractivity contribution in [1.29, 1.82) is 0 Å². The molecule has 0 bridgehead atoms. The van der Waals surface area contributed by atoms with Gasteiger partial charge >= 0.3 is 0 Å². The van der Waals surface area contributed by atoms with Crippen molar-refractivity contribution in [1.82, 2.24) is 30.6 Å². The van der Waals surface area contributed by atoms with Crippen LogP contribution in [0.25, 0.3) is 11.0 Å². The van der Waals surface area contributed by atoms with Gasteiger partial charge in [0.05, 0.1) is 23.1 Å². The molecule has 2 aromatic carbocycles. The van der Waals surface area contributed by atoms with E-state index in [0.717, 1.165) is 10.0 Å². The summed E-state index contributed by atoms with van der Waals surface area (Å²) in [6.07, 6.45) is 1.36. The van der Waals surface area contributed by atoms with E-state index in [-0.39, 0.29) is 22.7 Å². The van der Waals surface area contributed by atoms with Gasteiger partial charge in [0.15, 0.2) is 5.82 Å². The molecule has 0 aliphatic heterocycles. The first-order chi connectivity index (χ1) is 13.0. The quantitative estimate of drug-likeness (QED) is 0.393. The lowest BCUT2D eigenvalue weighted by molar-refractivity contribution is 0.102. The molecule has 9 nitrogen and oxygen atoms in total. The number of amides is 1. The summed E-state index contributed by atoms with van der Waals surface area (Å²) >= 11 is 3.39. The molecule has 0 atom stereocenters. The van der Waals surface area contributed by atoms with Crippen LogP contribution in [0, 0.1) is 12.7 Å². The lowest BCUT2D eigenvalue weighted by Gasteiger charge is -2.15. The standard InChI is InChI=1S/C16H12BrFN8O/c1-7-4-8(17)2-3-10(7)21-13-9(15(27)22-16-23-25-26-24-16)5-11-14(12(13)18)20-6-19-11/h2-6,21H,1H3,(H,19,20)(H2,22,23,24,25,26,27). The Bertz CT molecular complexity index is 1140. The van der Waals surface area contributed by atoms with Crippen molar-refractivity contribution in [2.75, 3.05) is 10.6 Å². The molecule has 4 aromatic rings. The van der Waals surface area contributed by atoms with Crippen LogP contribution >= 0.6 is 15.9 Å². The molecule has 0 unspecified atom stereocenters. The highest BCUT2D eigenvalue weighted by atomic mass is 79.9. The zero-order valence-electron chi connectivity index (χ0n) is 13.8. The third-order valence-electron chi connectivity index (χ3n) is 3.92. The number of nitrogens with one attached hydrogen (secondary N) is 4. The van der Waals surface area contributed by atoms with Gasteiger partial charge in [-0.25, -0.2) is 9.37 Å². The number of carbonyl (C=O) groups is 1. The third kappa shape index (κ3) is 3.24. The first-order valence-corrected chi connectivity index (χ1v) is 8.56. The molecule has 27 heavy (non-hydrogen) atoms. The lowest BCUT2D eigenvalue weighted by Crippen LogP contribution is -2.16. The highest BCUT2D eigenvalue weighted by Gasteiger charge is 2.22. The molecule has 1 amide bonds. The number of hydrogen-bond donors (Lipinski definition) is 4. The Hall–Kier alpha value is -3.34. The summed E-state index contributed by atoms with van der Waals surface area (Å²) in [6, 6.07) is 7.00. The van der Waals surface area contributed by atoms with Gasteiger partial charge in [0.2, 0.25) is 0 Å². The number of fused-ring (bicyclic) bond motifs is 1. The van der Waals surface area contributed by atoms with Crippen LogP contribution < -0.4 is 10.6 Å². The molecule has 0 saturated carbocycles. The Balaban J connectivity index is 1.81. The van der Waals surface area contributed by atoms with Gasteiger partial charge in [-0.3, -0.25) is 10.1 Å². The van der Waals surface area contributed by atoms with Gasteiger partial charge in [-0.15, -0.1) is 5.10 Å². The highest BCUT2D eigenvalue weighted by Crippen LogP contribution is 2.32. The van der Waals surface area contributed by atoms with Crippen LogP contribution in [0.4, 0.5) is 21.7 Å². The second-order valence-corrected chi connectivity index (χ2v) is 6.60. The van der Waals surface area contributed by atoms with Gasteiger partial charge in [-0.1, -0.05) is 21.0 Å². The van der Waals surface area contributed by atoms with E-state index in [1.165, 1.54) is 12.4 Å². The van der Waals surface area contributed by atoms with E-state index in [9.17, 15) is 4.79 Å². The number of H-pyrrole nitrogens is 2. The molecule has 11 heteroatoms. The summed E-state index contributed by atoms with van der Waals surface area (Å²) in [7, 11) is 0. The first-order valence-electron chi connectivity index (χ1n) is 7.76. The summed E-state index contributed by atoms with van der Waals surface area (Å²) in [4.78, 5) is 19.5. The maximum Gasteiger partial charge on any atom is 0.270 e. The van der Waals surface area contributed by atoms with E-state index in [4.69, 9.17) is 0 Å². The first kappa shape index (κ1) is 17.1. The van der Waals surface area contributed by atoms with E-state index in [2.05, 4.69) is 57.2 Å². The summed E-state index contributed by atoms with van der Waals surface area (Å²) < 4.78 is 16.0. The molecule has 4 rings (SSSR count). The fourth-order valence-corrected chi connectivity index (χ4v) is 3.10. The van der Waals surface area contributed by atoms with Gasteiger partial charge < -0.3 is 10.3 Å². The zero-order valence-corrected chi connectivity index (χ0v) is 15.4. The Morgan fingerprint density at radius 3 is 2.89 bits per heavy atom. The number of halogens is 2. The lowest BCUT2D eigenvalue weighted by atomic mass is 10.1. The van der Waals surface area contributed by atoms with Gasteiger partial charge in [-0.05, 0) is 42.0 Å². The van der Waals surface area contributed by atoms with E-state index in [0.29, 0.717) is 11.2 Å². The van der Waals surface area contributed by atoms with Crippen LogP contribution in [-0.2, 0) is 0 Å². The minimum atomic E-state index is -0.644. The fourth-order valence-electron chi connectivity index (χ4n) is 2.63. The van der Waals surface area contributed by atoms with Crippen molar-refractivity contribution >= 4 is 50.2 Å². The maximum atomic E-state index is 15.1. The number of aromatic nitrogens is 6. The average Bonchev–Trinajstić information content (AvgIpc) is 3.30. The average molecular weight is 431 g/mol. The van der Waals surface area contributed by atoms with Crippen molar-refractivity contribution in [3.63, 3.8) is 0 Å². The van der Waals surface area contributed by atoms with Gasteiger partial charge in [0.25, 0.3) is 11.9 Å². The van der Waals surface area contributed by atoms with Crippen molar-refractivity contribution in [2.45, 2.75) is 6.92 Å². The molecule has 136 valence electrons. The molecule has 0 fully saturated rings. The molecule has 0 aliphatic carbocycles.